The van der Waals surface area contributed by atoms with E-state index < -0.39 is 0 Å². The van der Waals surface area contributed by atoms with Gasteiger partial charge in [0.05, 0.1) is 6.33 Å². The number of amides is 1. The number of carbonyl (C=O) groups is 1. The fourth-order valence-electron chi connectivity index (χ4n) is 1.60. The number of carbonyl (C=O) groups excluding carboxylic acids is 1. The number of tetrazole rings is 1. The normalized spacial score (nSPS) is 10.4. The van der Waals surface area contributed by atoms with Crippen molar-refractivity contribution in [3.05, 3.63) is 34.8 Å². The van der Waals surface area contributed by atoms with E-state index in [4.69, 9.17) is 0 Å². The number of aryl methyl sites for hydroxylation is 1. The highest BCUT2D eigenvalue weighted by atomic mass is 16.2. The summed E-state index contributed by atoms with van der Waals surface area (Å²) in [5, 5.41) is 13.1. The first-order valence-corrected chi connectivity index (χ1v) is 6.22. The molecule has 1 amide bonds. The van der Waals surface area contributed by atoms with Gasteiger partial charge >= 0.3 is 0 Å². The van der Waals surface area contributed by atoms with Gasteiger partial charge in [0, 0.05) is 24.8 Å². The lowest BCUT2D eigenvalue weighted by molar-refractivity contribution is -0.121. The van der Waals surface area contributed by atoms with Crippen LogP contribution in [0.15, 0.2) is 23.5 Å². The van der Waals surface area contributed by atoms with Crippen molar-refractivity contribution >= 4 is 5.91 Å². The zero-order valence-corrected chi connectivity index (χ0v) is 11.1. The molecule has 0 aliphatic rings. The first-order chi connectivity index (χ1) is 9.69. The maximum atomic E-state index is 11.7. The van der Waals surface area contributed by atoms with Crippen molar-refractivity contribution in [2.45, 2.75) is 26.4 Å². The predicted molar refractivity (Wildman–Crippen MR) is 68.7 cm³/mol. The monoisotopic (exact) mass is 277 g/mol. The molecule has 9 nitrogen and oxygen atoms in total. The third kappa shape index (κ3) is 3.70. The molecule has 0 radical (unpaired) electrons. The third-order valence-corrected chi connectivity index (χ3v) is 2.67. The zero-order valence-electron chi connectivity index (χ0n) is 11.1. The van der Waals surface area contributed by atoms with E-state index in [1.165, 1.54) is 28.0 Å². The van der Waals surface area contributed by atoms with Crippen molar-refractivity contribution in [3.8, 4) is 0 Å². The number of hydrogen-bond acceptors (Lipinski definition) is 6. The molecule has 0 unspecified atom stereocenters. The van der Waals surface area contributed by atoms with E-state index in [-0.39, 0.29) is 18.0 Å². The first-order valence-electron chi connectivity index (χ1n) is 6.22. The Kier molecular flexibility index (Phi) is 4.53. The van der Waals surface area contributed by atoms with E-state index in [1.54, 1.807) is 0 Å². The topological polar surface area (TPSA) is 108 Å². The fraction of sp³-hybridized carbons (Fsp3) is 0.455. The van der Waals surface area contributed by atoms with Crippen molar-refractivity contribution in [2.24, 2.45) is 0 Å². The smallest absolute Gasteiger partial charge is 0.253 e. The highest BCUT2D eigenvalue weighted by Gasteiger charge is 2.04. The van der Waals surface area contributed by atoms with Gasteiger partial charge in [0.25, 0.3) is 5.56 Å². The molecule has 0 fully saturated rings. The average Bonchev–Trinajstić information content (AvgIpc) is 2.93. The van der Waals surface area contributed by atoms with Crippen LogP contribution >= 0.6 is 0 Å². The minimum atomic E-state index is -0.219. The number of rotatable bonds is 6. The second-order valence-corrected chi connectivity index (χ2v) is 4.12. The van der Waals surface area contributed by atoms with Crippen molar-refractivity contribution in [2.75, 3.05) is 6.54 Å². The summed E-state index contributed by atoms with van der Waals surface area (Å²) in [4.78, 5) is 27.4. The van der Waals surface area contributed by atoms with E-state index >= 15 is 0 Å². The Morgan fingerprint density at radius 3 is 2.90 bits per heavy atom. The average molecular weight is 277 g/mol. The number of hydrogen-bond donors (Lipinski definition) is 1. The molecule has 0 saturated heterocycles. The van der Waals surface area contributed by atoms with E-state index in [0.29, 0.717) is 13.1 Å². The summed E-state index contributed by atoms with van der Waals surface area (Å²) >= 11 is 0. The molecule has 0 bridgehead atoms. The Balaban J connectivity index is 1.81. The maximum Gasteiger partial charge on any atom is 0.253 e. The Bertz CT molecular complexity index is 620. The summed E-state index contributed by atoms with van der Waals surface area (Å²) in [7, 11) is 0. The lowest BCUT2D eigenvalue weighted by Crippen LogP contribution is -2.33. The maximum absolute atomic E-state index is 11.7. The minimum absolute atomic E-state index is 0.0505. The van der Waals surface area contributed by atoms with E-state index in [2.05, 4.69) is 25.8 Å². The van der Waals surface area contributed by atoms with Gasteiger partial charge in [-0.25, -0.2) is 9.67 Å². The van der Waals surface area contributed by atoms with Gasteiger partial charge in [0.2, 0.25) is 5.91 Å². The van der Waals surface area contributed by atoms with Gasteiger partial charge in [-0.2, -0.15) is 0 Å². The molecule has 2 aromatic rings. The van der Waals surface area contributed by atoms with Gasteiger partial charge in [0.1, 0.15) is 12.9 Å². The second kappa shape index (κ2) is 6.55. The van der Waals surface area contributed by atoms with Crippen LogP contribution in [0.1, 0.15) is 12.6 Å². The van der Waals surface area contributed by atoms with Crippen molar-refractivity contribution < 1.29 is 4.79 Å². The molecule has 2 rings (SSSR count). The lowest BCUT2D eigenvalue weighted by atomic mass is 10.3. The van der Waals surface area contributed by atoms with Crippen LogP contribution in [-0.2, 0) is 24.3 Å². The fourth-order valence-corrected chi connectivity index (χ4v) is 1.60. The summed E-state index contributed by atoms with van der Waals surface area (Å²) in [6.07, 6.45) is 3.57. The van der Waals surface area contributed by atoms with Gasteiger partial charge in [-0.3, -0.25) is 14.2 Å². The molecule has 2 heterocycles. The van der Waals surface area contributed by atoms with E-state index in [9.17, 15) is 9.59 Å². The SMILES string of the molecule is CCc1cc(=O)n(CCNC(=O)Cn2cnnn2)cn1. The molecule has 0 atom stereocenters. The molecule has 2 aromatic heterocycles. The Morgan fingerprint density at radius 2 is 2.25 bits per heavy atom. The molecule has 0 aromatic carbocycles. The molecule has 0 aliphatic heterocycles. The number of aromatic nitrogens is 6. The third-order valence-electron chi connectivity index (χ3n) is 2.67. The minimum Gasteiger partial charge on any atom is -0.353 e. The van der Waals surface area contributed by atoms with Crippen LogP contribution in [0.2, 0.25) is 0 Å². The zero-order chi connectivity index (χ0) is 14.4. The van der Waals surface area contributed by atoms with Crippen LogP contribution in [0.4, 0.5) is 0 Å². The quantitative estimate of drug-likeness (QED) is 0.696. The lowest BCUT2D eigenvalue weighted by Gasteiger charge is -2.07. The van der Waals surface area contributed by atoms with Crippen LogP contribution in [-0.4, -0.2) is 42.2 Å². The van der Waals surface area contributed by atoms with Crippen molar-refractivity contribution in [1.29, 1.82) is 0 Å². The Labute approximate surface area is 114 Å². The van der Waals surface area contributed by atoms with Gasteiger partial charge < -0.3 is 5.32 Å². The molecule has 0 spiro atoms. The predicted octanol–water partition coefficient (Wildman–Crippen LogP) is -1.39. The van der Waals surface area contributed by atoms with Crippen molar-refractivity contribution in [3.63, 3.8) is 0 Å². The molecule has 0 aliphatic carbocycles. The Morgan fingerprint density at radius 1 is 1.40 bits per heavy atom. The standard InChI is InChI=1S/C11H15N7O2/c1-2-9-5-11(20)17(7-13-9)4-3-12-10(19)6-18-8-14-15-16-18/h5,7-8H,2-4,6H2,1H3,(H,12,19). The molecular formula is C11H15N7O2. The van der Waals surface area contributed by atoms with Gasteiger partial charge in [-0.1, -0.05) is 6.92 Å². The molecule has 20 heavy (non-hydrogen) atoms. The highest BCUT2D eigenvalue weighted by Crippen LogP contribution is 1.89. The molecule has 106 valence electrons. The molecule has 0 saturated carbocycles. The second-order valence-electron chi connectivity index (χ2n) is 4.12. The summed E-state index contributed by atoms with van der Waals surface area (Å²) < 4.78 is 2.77. The van der Waals surface area contributed by atoms with Crippen LogP contribution in [0.3, 0.4) is 0 Å². The summed E-state index contributed by atoms with van der Waals surface area (Å²) in [6.45, 7) is 2.70. The summed E-state index contributed by atoms with van der Waals surface area (Å²) in [5.74, 6) is -0.219. The van der Waals surface area contributed by atoms with Gasteiger partial charge in [-0.15, -0.1) is 5.10 Å². The highest BCUT2D eigenvalue weighted by molar-refractivity contribution is 5.75. The van der Waals surface area contributed by atoms with Crippen LogP contribution in [0, 0.1) is 0 Å². The van der Waals surface area contributed by atoms with Gasteiger partial charge in [0.15, 0.2) is 0 Å². The largest absolute Gasteiger partial charge is 0.353 e. The number of nitrogens with one attached hydrogen (secondary N) is 1. The molecule has 1 N–H and O–H groups in total. The Hall–Kier alpha value is -2.58. The van der Waals surface area contributed by atoms with E-state index in [0.717, 1.165) is 12.1 Å². The van der Waals surface area contributed by atoms with Gasteiger partial charge in [-0.05, 0) is 16.8 Å². The van der Waals surface area contributed by atoms with Crippen LogP contribution < -0.4 is 10.9 Å². The first kappa shape index (κ1) is 13.8. The summed E-state index contributed by atoms with van der Waals surface area (Å²) in [5.41, 5.74) is 0.639. The van der Waals surface area contributed by atoms with Crippen LogP contribution in [0.5, 0.6) is 0 Å². The molecule has 9 heteroatoms. The van der Waals surface area contributed by atoms with Crippen molar-refractivity contribution in [1.82, 2.24) is 35.1 Å². The number of nitrogens with zero attached hydrogens (tertiary/aromatic N) is 6. The van der Waals surface area contributed by atoms with E-state index in [1.807, 2.05) is 6.92 Å². The molecular weight excluding hydrogens is 262 g/mol. The van der Waals surface area contributed by atoms with Crippen LogP contribution in [0.25, 0.3) is 0 Å². The summed E-state index contributed by atoms with van der Waals surface area (Å²) in [6, 6.07) is 1.50.